The highest BCUT2D eigenvalue weighted by molar-refractivity contribution is 8.45. The molecule has 0 spiro atoms. The van der Waals surface area contributed by atoms with E-state index in [-0.39, 0.29) is 24.4 Å². The van der Waals surface area contributed by atoms with E-state index in [1.54, 1.807) is 6.92 Å². The van der Waals surface area contributed by atoms with Gasteiger partial charge in [0.1, 0.15) is 10.9 Å². The van der Waals surface area contributed by atoms with E-state index in [9.17, 15) is 29.0 Å². The number of ether oxygens (including phenoxy) is 1. The first-order valence-electron chi connectivity index (χ1n) is 8.28. The van der Waals surface area contributed by atoms with Gasteiger partial charge in [0.2, 0.25) is 0 Å². The van der Waals surface area contributed by atoms with E-state index in [0.29, 0.717) is 31.2 Å². The van der Waals surface area contributed by atoms with Crippen LogP contribution >= 0.6 is 10.2 Å². The first-order valence-corrected chi connectivity index (χ1v) is 10.2. The second-order valence-corrected chi connectivity index (χ2v) is 9.28. The van der Waals surface area contributed by atoms with Crippen LogP contribution in [-0.2, 0) is 9.53 Å². The van der Waals surface area contributed by atoms with Crippen molar-refractivity contribution in [2.75, 3.05) is 7.11 Å². The Balaban J connectivity index is 2.26. The smallest absolute Gasteiger partial charge is 0.328 e. The van der Waals surface area contributed by atoms with E-state index < -0.39 is 38.5 Å². The number of rotatable bonds is 6. The monoisotopic (exact) mass is 424 g/mol. The number of nitrogens with zero attached hydrogens (tertiary/aromatic N) is 1. The Morgan fingerprint density at radius 3 is 2.18 bits per heavy atom. The Morgan fingerprint density at radius 1 is 1.25 bits per heavy atom. The van der Waals surface area contributed by atoms with Gasteiger partial charge in [-0.25, -0.2) is 10.1 Å². The summed E-state index contributed by atoms with van der Waals surface area (Å²) in [6.45, 7) is 1.50. The van der Waals surface area contributed by atoms with Crippen LogP contribution in [0.3, 0.4) is 0 Å². The molecule has 1 amide bonds. The van der Waals surface area contributed by atoms with E-state index in [1.807, 2.05) is 0 Å². The second-order valence-electron chi connectivity index (χ2n) is 6.87. The van der Waals surface area contributed by atoms with Gasteiger partial charge >= 0.3 is 16.2 Å². The summed E-state index contributed by atoms with van der Waals surface area (Å²) in [5.41, 5.74) is -1.03. The van der Waals surface area contributed by atoms with Gasteiger partial charge in [0, 0.05) is 11.5 Å². The maximum Gasteiger partial charge on any atom is 0.328 e. The third-order valence-corrected chi connectivity index (χ3v) is 6.24. The van der Waals surface area contributed by atoms with Crippen LogP contribution in [0.5, 0.6) is 0 Å². The summed E-state index contributed by atoms with van der Waals surface area (Å²) in [5, 5.41) is 11.4. The quantitative estimate of drug-likeness (QED) is 0.412. The van der Waals surface area contributed by atoms with Crippen LogP contribution in [0, 0.1) is 16.6 Å². The molecule has 0 aromatic heterocycles. The normalized spacial score (nSPS) is 19.3. The van der Waals surface area contributed by atoms with Crippen LogP contribution in [0.2, 0.25) is 12.6 Å². The predicted molar refractivity (Wildman–Crippen MR) is 94.8 cm³/mol. The molecule has 12 heteroatoms. The molecule has 1 aliphatic heterocycles. The number of nitrogens with one attached hydrogen (secondary N) is 1. The van der Waals surface area contributed by atoms with Crippen LogP contribution in [-0.4, -0.2) is 31.7 Å². The van der Waals surface area contributed by atoms with Gasteiger partial charge in [-0.05, 0) is 36.1 Å². The zero-order chi connectivity index (χ0) is 21.4. The summed E-state index contributed by atoms with van der Waals surface area (Å²) >= 11 is 0. The average Bonchev–Trinajstić information content (AvgIpc) is 2.57. The maximum absolute atomic E-state index is 12.8. The number of hydrogen-bond donors (Lipinski definition) is 1. The van der Waals surface area contributed by atoms with Gasteiger partial charge in [-0.15, -0.1) is 0 Å². The average molecular weight is 424 g/mol. The Hall–Kier alpha value is -2.29. The van der Waals surface area contributed by atoms with Crippen molar-refractivity contribution in [3.05, 3.63) is 29.8 Å². The van der Waals surface area contributed by atoms with Crippen molar-refractivity contribution in [3.8, 4) is 5.97 Å². The fraction of sp³-hybridized carbons (Fsp3) is 0.438. The Labute approximate surface area is 159 Å². The van der Waals surface area contributed by atoms with E-state index in [0.717, 1.165) is 7.11 Å². The van der Waals surface area contributed by atoms with E-state index in [1.165, 1.54) is 0 Å². The van der Waals surface area contributed by atoms with Crippen LogP contribution in [0.1, 0.15) is 23.7 Å². The van der Waals surface area contributed by atoms with Gasteiger partial charge in [-0.3, -0.25) is 4.79 Å². The molecular formula is C16H18BF5N2O3S. The highest BCUT2D eigenvalue weighted by atomic mass is 32.5. The summed E-state index contributed by atoms with van der Waals surface area (Å²) < 4.78 is 68.6. The standard InChI is InChI=1S/C16H18BF5N2O3S/c1-3-16(8-17(9-16)10-23)13(15(26)27-2)24-14(25)11-4-6-12(7-5-11)28(18,19,20,21)22/h4-7,13H,3,8-9H2,1-2H3,(H,24,25). The Kier molecular flexibility index (Phi) is 5.01. The fourth-order valence-corrected chi connectivity index (χ4v) is 4.05. The minimum atomic E-state index is -9.84. The fourth-order valence-electron chi connectivity index (χ4n) is 3.40. The number of nitriles is 1. The first-order chi connectivity index (χ1) is 12.7. The molecule has 0 saturated carbocycles. The minimum absolute atomic E-state index is 0.133. The number of methoxy groups -OCH3 is 1. The molecule has 1 N–H and O–H groups in total. The van der Waals surface area contributed by atoms with Crippen molar-refractivity contribution in [3.63, 3.8) is 0 Å². The van der Waals surface area contributed by atoms with Crippen molar-refractivity contribution in [2.24, 2.45) is 5.41 Å². The number of esters is 1. The Bertz CT molecular complexity index is 833. The number of carbonyl (C=O) groups is 2. The van der Waals surface area contributed by atoms with Crippen molar-refractivity contribution < 1.29 is 33.8 Å². The molecule has 0 bridgehead atoms. The van der Waals surface area contributed by atoms with E-state index in [2.05, 4.69) is 11.3 Å². The molecule has 154 valence electrons. The van der Waals surface area contributed by atoms with Crippen LogP contribution in [0.15, 0.2) is 29.2 Å². The second kappa shape index (κ2) is 6.37. The first kappa shape index (κ1) is 22.0. The predicted octanol–water partition coefficient (Wildman–Crippen LogP) is 4.58. The molecule has 1 unspecified atom stereocenters. The summed E-state index contributed by atoms with van der Waals surface area (Å²) in [6.07, 6.45) is 1.15. The molecule has 1 heterocycles. The summed E-state index contributed by atoms with van der Waals surface area (Å²) in [7, 11) is -8.72. The molecule has 0 radical (unpaired) electrons. The molecule has 1 fully saturated rings. The van der Waals surface area contributed by atoms with Crippen LogP contribution in [0.4, 0.5) is 19.4 Å². The van der Waals surface area contributed by atoms with Crippen LogP contribution in [0.25, 0.3) is 0 Å². The third-order valence-electron chi connectivity index (χ3n) is 5.08. The maximum atomic E-state index is 12.8. The highest BCUT2D eigenvalue weighted by Crippen LogP contribution is 3.02. The Morgan fingerprint density at radius 2 is 1.79 bits per heavy atom. The molecular weight excluding hydrogens is 406 g/mol. The minimum Gasteiger partial charge on any atom is -0.467 e. The molecule has 5 nitrogen and oxygen atoms in total. The molecule has 1 aromatic carbocycles. The summed E-state index contributed by atoms with van der Waals surface area (Å²) in [4.78, 5) is 22.5. The molecule has 28 heavy (non-hydrogen) atoms. The number of amides is 1. The molecule has 1 aliphatic rings. The van der Waals surface area contributed by atoms with Gasteiger partial charge in [-0.2, -0.15) is 0 Å². The number of hydrogen-bond acceptors (Lipinski definition) is 4. The van der Waals surface area contributed by atoms with Crippen molar-refractivity contribution in [1.29, 1.82) is 5.26 Å². The molecule has 1 aromatic rings. The molecule has 2 rings (SSSR count). The summed E-state index contributed by atoms with van der Waals surface area (Å²) in [6, 6.07) is 0.389. The van der Waals surface area contributed by atoms with Gasteiger partial charge in [0.15, 0.2) is 0 Å². The van der Waals surface area contributed by atoms with Gasteiger partial charge < -0.3 is 10.1 Å². The number of carbonyl (C=O) groups excluding carboxylic acids is 2. The van der Waals surface area contributed by atoms with E-state index in [4.69, 9.17) is 10.00 Å². The molecule has 1 saturated heterocycles. The summed E-state index contributed by atoms with van der Waals surface area (Å²) in [5.74, 6) is 0.416. The zero-order valence-electron chi connectivity index (χ0n) is 15.1. The van der Waals surface area contributed by atoms with E-state index >= 15 is 0 Å². The molecule has 0 aliphatic carbocycles. The third kappa shape index (κ3) is 4.40. The topological polar surface area (TPSA) is 79.2 Å². The SMILES string of the molecule is CCC1(C(NC(=O)c2ccc(S(F)(F)(F)(F)F)cc2)C(=O)OC)CB(C#N)C1. The number of halogens is 5. The van der Waals surface area contributed by atoms with Crippen LogP contribution < -0.4 is 5.32 Å². The van der Waals surface area contributed by atoms with Gasteiger partial charge in [-0.1, -0.05) is 39.0 Å². The van der Waals surface area contributed by atoms with Gasteiger partial charge in [0.05, 0.1) is 7.11 Å². The highest BCUT2D eigenvalue weighted by Gasteiger charge is 2.65. The lowest BCUT2D eigenvalue weighted by atomic mass is 9.26. The lowest BCUT2D eigenvalue weighted by Crippen LogP contribution is -2.59. The molecule has 1 atom stereocenters. The van der Waals surface area contributed by atoms with Crippen molar-refractivity contribution in [1.82, 2.24) is 5.32 Å². The largest absolute Gasteiger partial charge is 0.467 e. The lowest BCUT2D eigenvalue weighted by Gasteiger charge is -2.47. The number of benzene rings is 1. The van der Waals surface area contributed by atoms with Gasteiger partial charge in [0.25, 0.3) is 12.6 Å². The van der Waals surface area contributed by atoms with Crippen molar-refractivity contribution >= 4 is 28.8 Å². The lowest BCUT2D eigenvalue weighted by molar-refractivity contribution is -0.146. The zero-order valence-corrected chi connectivity index (χ0v) is 15.9. The van der Waals surface area contributed by atoms with Crippen molar-refractivity contribution in [2.45, 2.75) is 36.9 Å².